The van der Waals surface area contributed by atoms with Crippen LogP contribution in [0.1, 0.15) is 21.7 Å². The molecule has 1 N–H and O–H groups in total. The molecule has 30 heavy (non-hydrogen) atoms. The monoisotopic (exact) mass is 427 g/mol. The van der Waals surface area contributed by atoms with Crippen LogP contribution in [0.4, 0.5) is 17.1 Å². The van der Waals surface area contributed by atoms with Gasteiger partial charge in [0.25, 0.3) is 11.6 Å². The number of rotatable bonds is 6. The Hall–Kier alpha value is -3.73. The fourth-order valence-electron chi connectivity index (χ4n) is 2.87. The first-order valence-electron chi connectivity index (χ1n) is 8.69. The second kappa shape index (κ2) is 8.33. The van der Waals surface area contributed by atoms with Crippen molar-refractivity contribution >= 4 is 34.7 Å². The van der Waals surface area contributed by atoms with Crippen LogP contribution in [0.25, 0.3) is 0 Å². The van der Waals surface area contributed by atoms with Gasteiger partial charge in [-0.3, -0.25) is 29.7 Å². The summed E-state index contributed by atoms with van der Waals surface area (Å²) in [4.78, 5) is 35.5. The molecular formula is C19H17N5O5S. The number of nitrogens with one attached hydrogen (secondary N) is 1. The molecular weight excluding hydrogens is 410 g/mol. The minimum Gasteiger partial charge on any atom is -0.320 e. The smallest absolute Gasteiger partial charge is 0.320 e. The zero-order valence-electron chi connectivity index (χ0n) is 16.3. The quantitative estimate of drug-likeness (QED) is 0.459. The highest BCUT2D eigenvalue weighted by Gasteiger charge is 2.29. The summed E-state index contributed by atoms with van der Waals surface area (Å²) in [5.41, 5.74) is 0.475. The van der Waals surface area contributed by atoms with Crippen molar-refractivity contribution in [2.75, 3.05) is 5.32 Å². The van der Waals surface area contributed by atoms with E-state index < -0.39 is 21.4 Å². The lowest BCUT2D eigenvalue weighted by atomic mass is 10.2. The second-order valence-electron chi connectivity index (χ2n) is 6.51. The van der Waals surface area contributed by atoms with Crippen molar-refractivity contribution in [3.63, 3.8) is 0 Å². The maximum atomic E-state index is 12.7. The molecule has 0 bridgehead atoms. The molecule has 0 aliphatic rings. The molecule has 0 saturated carbocycles. The van der Waals surface area contributed by atoms with E-state index in [-0.39, 0.29) is 22.8 Å². The van der Waals surface area contributed by atoms with Crippen LogP contribution in [0, 0.1) is 34.1 Å². The van der Waals surface area contributed by atoms with Gasteiger partial charge in [-0.2, -0.15) is 5.10 Å². The van der Waals surface area contributed by atoms with Gasteiger partial charge in [-0.1, -0.05) is 29.5 Å². The van der Waals surface area contributed by atoms with Gasteiger partial charge in [-0.15, -0.1) is 0 Å². The average Bonchev–Trinajstić information content (AvgIpc) is 2.97. The first-order valence-corrected chi connectivity index (χ1v) is 9.50. The van der Waals surface area contributed by atoms with Crippen molar-refractivity contribution in [3.8, 4) is 0 Å². The maximum Gasteiger partial charge on any atom is 0.322 e. The highest BCUT2D eigenvalue weighted by molar-refractivity contribution is 7.99. The number of hydrogen-bond donors (Lipinski definition) is 1. The van der Waals surface area contributed by atoms with E-state index >= 15 is 0 Å². The Bertz CT molecular complexity index is 1160. The normalized spacial score (nSPS) is 10.6. The van der Waals surface area contributed by atoms with Crippen LogP contribution < -0.4 is 5.32 Å². The SMILES string of the molecule is Cc1ccc(Sc2cc(NC(=O)c3c([N+](=O)[O-])c(C)nn3C)cc([N+](=O)[O-])c2)cc1. The molecule has 10 nitrogen and oxygen atoms in total. The fourth-order valence-corrected chi connectivity index (χ4v) is 3.78. The number of nitro benzene ring substituents is 1. The number of hydrogen-bond acceptors (Lipinski definition) is 7. The van der Waals surface area contributed by atoms with Crippen LogP contribution in [0.15, 0.2) is 52.3 Å². The standard InChI is InChI=1S/C19H17N5O5S/c1-11-4-6-15(7-5-11)30-16-9-13(8-14(10-16)23(26)27)20-19(25)18-17(24(28)29)12(2)21-22(18)3/h4-10H,1-3H3,(H,20,25). The third kappa shape index (κ3) is 4.46. The van der Waals surface area contributed by atoms with E-state index in [0.29, 0.717) is 4.90 Å². The summed E-state index contributed by atoms with van der Waals surface area (Å²) in [5.74, 6) is -0.781. The predicted octanol–water partition coefficient (Wildman–Crippen LogP) is 4.26. The molecule has 2 aromatic carbocycles. The summed E-state index contributed by atoms with van der Waals surface area (Å²) in [5, 5.41) is 29.1. The van der Waals surface area contributed by atoms with Crippen LogP contribution in [-0.4, -0.2) is 25.5 Å². The van der Waals surface area contributed by atoms with Crippen molar-refractivity contribution in [3.05, 3.63) is 79.6 Å². The van der Waals surface area contributed by atoms with E-state index in [9.17, 15) is 25.0 Å². The Balaban J connectivity index is 1.95. The fraction of sp³-hybridized carbons (Fsp3) is 0.158. The molecule has 0 saturated heterocycles. The molecule has 3 aromatic rings. The number of non-ortho nitro benzene ring substituents is 1. The Morgan fingerprint density at radius 3 is 2.30 bits per heavy atom. The number of benzene rings is 2. The minimum absolute atomic E-state index is 0.0994. The number of aryl methyl sites for hydroxylation is 3. The van der Waals surface area contributed by atoms with Gasteiger partial charge in [0.2, 0.25) is 5.69 Å². The maximum absolute atomic E-state index is 12.7. The molecule has 0 fully saturated rings. The van der Waals surface area contributed by atoms with Crippen LogP contribution in [0.5, 0.6) is 0 Å². The molecule has 0 aliphatic carbocycles. The lowest BCUT2D eigenvalue weighted by molar-refractivity contribution is -0.385. The molecule has 1 aromatic heterocycles. The molecule has 0 spiro atoms. The summed E-state index contributed by atoms with van der Waals surface area (Å²) in [6.07, 6.45) is 0. The van der Waals surface area contributed by atoms with Gasteiger partial charge in [0, 0.05) is 34.7 Å². The van der Waals surface area contributed by atoms with Gasteiger partial charge in [-0.05, 0) is 32.0 Å². The highest BCUT2D eigenvalue weighted by Crippen LogP contribution is 2.33. The van der Waals surface area contributed by atoms with Crippen LogP contribution in [0.2, 0.25) is 0 Å². The average molecular weight is 427 g/mol. The number of aromatic nitrogens is 2. The van der Waals surface area contributed by atoms with E-state index in [2.05, 4.69) is 10.4 Å². The Kier molecular flexibility index (Phi) is 5.83. The Morgan fingerprint density at radius 1 is 1.03 bits per heavy atom. The topological polar surface area (TPSA) is 133 Å². The van der Waals surface area contributed by atoms with Crippen molar-refractivity contribution in [2.24, 2.45) is 7.05 Å². The van der Waals surface area contributed by atoms with E-state index in [0.717, 1.165) is 15.1 Å². The van der Waals surface area contributed by atoms with Gasteiger partial charge >= 0.3 is 5.69 Å². The van der Waals surface area contributed by atoms with Crippen LogP contribution >= 0.6 is 11.8 Å². The summed E-state index contributed by atoms with van der Waals surface area (Å²) in [6, 6.07) is 11.8. The number of anilines is 1. The van der Waals surface area contributed by atoms with Gasteiger partial charge < -0.3 is 5.32 Å². The third-order valence-electron chi connectivity index (χ3n) is 4.20. The van der Waals surface area contributed by atoms with Gasteiger partial charge in [0.15, 0.2) is 0 Å². The van der Waals surface area contributed by atoms with Gasteiger partial charge in [0.1, 0.15) is 5.69 Å². The third-order valence-corrected chi connectivity index (χ3v) is 5.18. The second-order valence-corrected chi connectivity index (χ2v) is 7.65. The van der Waals surface area contributed by atoms with E-state index in [1.54, 1.807) is 6.07 Å². The first kappa shape index (κ1) is 21.0. The van der Waals surface area contributed by atoms with Crippen molar-refractivity contribution in [1.29, 1.82) is 0 Å². The van der Waals surface area contributed by atoms with E-state index in [1.807, 2.05) is 31.2 Å². The lowest BCUT2D eigenvalue weighted by Gasteiger charge is -2.08. The first-order chi connectivity index (χ1) is 14.2. The van der Waals surface area contributed by atoms with Crippen molar-refractivity contribution < 1.29 is 14.6 Å². The van der Waals surface area contributed by atoms with Crippen LogP contribution in [0.3, 0.4) is 0 Å². The number of nitrogens with zero attached hydrogens (tertiary/aromatic N) is 4. The Labute approximate surface area is 175 Å². The predicted molar refractivity (Wildman–Crippen MR) is 111 cm³/mol. The summed E-state index contributed by atoms with van der Waals surface area (Å²) in [7, 11) is 1.42. The van der Waals surface area contributed by atoms with Gasteiger partial charge in [-0.25, -0.2) is 0 Å². The Morgan fingerprint density at radius 2 is 1.70 bits per heavy atom. The van der Waals surface area contributed by atoms with Crippen molar-refractivity contribution in [2.45, 2.75) is 23.6 Å². The summed E-state index contributed by atoms with van der Waals surface area (Å²) >= 11 is 1.30. The molecule has 0 unspecified atom stereocenters. The van der Waals surface area contributed by atoms with E-state index in [4.69, 9.17) is 0 Å². The lowest BCUT2D eigenvalue weighted by Crippen LogP contribution is -2.17. The molecule has 11 heteroatoms. The number of nitro groups is 2. The molecule has 3 rings (SSSR count). The molecule has 154 valence electrons. The molecule has 1 amide bonds. The van der Waals surface area contributed by atoms with Crippen molar-refractivity contribution in [1.82, 2.24) is 9.78 Å². The molecule has 0 radical (unpaired) electrons. The van der Waals surface area contributed by atoms with Gasteiger partial charge in [0.05, 0.1) is 9.85 Å². The largest absolute Gasteiger partial charge is 0.322 e. The molecule has 0 atom stereocenters. The molecule has 1 heterocycles. The number of amides is 1. The zero-order valence-corrected chi connectivity index (χ0v) is 17.1. The van der Waals surface area contributed by atoms with E-state index in [1.165, 1.54) is 37.9 Å². The minimum atomic E-state index is -0.781. The summed E-state index contributed by atoms with van der Waals surface area (Å²) in [6.45, 7) is 3.38. The number of carbonyl (C=O) groups excluding carboxylic acids is 1. The molecule has 0 aliphatic heterocycles. The highest BCUT2D eigenvalue weighted by atomic mass is 32.2. The zero-order chi connectivity index (χ0) is 22.0. The van der Waals surface area contributed by atoms with Crippen LogP contribution in [-0.2, 0) is 7.05 Å². The number of carbonyl (C=O) groups is 1. The summed E-state index contributed by atoms with van der Waals surface area (Å²) < 4.78 is 1.11.